The minimum absolute atomic E-state index is 0.0646. The quantitative estimate of drug-likeness (QED) is 0.586. The maximum absolute atomic E-state index is 11.3. The Kier molecular flexibility index (Phi) is 4.65. The van der Waals surface area contributed by atoms with Crippen molar-refractivity contribution in [3.63, 3.8) is 0 Å². The zero-order chi connectivity index (χ0) is 12.9. The van der Waals surface area contributed by atoms with Crippen LogP contribution in [0.1, 0.15) is 6.92 Å². The first-order chi connectivity index (χ1) is 7.95. The van der Waals surface area contributed by atoms with Crippen LogP contribution in [0, 0.1) is 0 Å². The van der Waals surface area contributed by atoms with E-state index in [0.29, 0.717) is 26.2 Å². The molecule has 6 heteroatoms. The number of nitrogens with one attached hydrogen (secondary N) is 1. The number of rotatable bonds is 7. The fraction of sp³-hybridized carbons (Fsp3) is 0.636. The van der Waals surface area contributed by atoms with Crippen molar-refractivity contribution in [3.05, 3.63) is 12.7 Å². The molecule has 0 aromatic carbocycles. The Morgan fingerprint density at radius 3 is 2.76 bits per heavy atom. The van der Waals surface area contributed by atoms with Crippen LogP contribution < -0.4 is 5.32 Å². The highest BCUT2D eigenvalue weighted by Gasteiger charge is 2.40. The van der Waals surface area contributed by atoms with Crippen LogP contribution in [-0.4, -0.2) is 60.3 Å². The van der Waals surface area contributed by atoms with Crippen LogP contribution in [0.15, 0.2) is 12.7 Å². The molecular formula is C11H18N2O4. The molecule has 0 atom stereocenters. The van der Waals surface area contributed by atoms with Gasteiger partial charge in [0.1, 0.15) is 6.61 Å². The number of hydrogen-bond donors (Lipinski definition) is 2. The van der Waals surface area contributed by atoms with Crippen LogP contribution in [0.25, 0.3) is 0 Å². The lowest BCUT2D eigenvalue weighted by Gasteiger charge is -2.46. The second kappa shape index (κ2) is 5.79. The standard InChI is InChI=1S/C11H18N2O4/c1-3-4-12-9(14)5-13-7-11(2,8-13)17-6-10(15)16/h3H,1,4-8H2,2H3,(H,12,14)(H,15,16). The van der Waals surface area contributed by atoms with Gasteiger partial charge < -0.3 is 15.2 Å². The van der Waals surface area contributed by atoms with Gasteiger partial charge in [0.05, 0.1) is 12.1 Å². The molecule has 6 nitrogen and oxygen atoms in total. The maximum atomic E-state index is 11.3. The van der Waals surface area contributed by atoms with E-state index in [4.69, 9.17) is 9.84 Å². The first kappa shape index (κ1) is 13.7. The van der Waals surface area contributed by atoms with Gasteiger partial charge in [-0.25, -0.2) is 4.79 Å². The van der Waals surface area contributed by atoms with Gasteiger partial charge in [0.25, 0.3) is 0 Å². The van der Waals surface area contributed by atoms with E-state index in [1.165, 1.54) is 0 Å². The van der Waals surface area contributed by atoms with Crippen molar-refractivity contribution in [1.29, 1.82) is 0 Å². The number of nitrogens with zero attached hydrogens (tertiary/aromatic N) is 1. The second-order valence-electron chi connectivity index (χ2n) is 4.37. The molecule has 0 saturated carbocycles. The van der Waals surface area contributed by atoms with Crippen LogP contribution in [0.5, 0.6) is 0 Å². The van der Waals surface area contributed by atoms with Gasteiger partial charge in [0.15, 0.2) is 0 Å². The SMILES string of the molecule is C=CCNC(=O)CN1CC(C)(OCC(=O)O)C1. The Morgan fingerprint density at radius 1 is 1.59 bits per heavy atom. The minimum Gasteiger partial charge on any atom is -0.480 e. The molecule has 0 aliphatic carbocycles. The number of hydrogen-bond acceptors (Lipinski definition) is 4. The molecule has 0 spiro atoms. The van der Waals surface area contributed by atoms with Crippen LogP contribution in [0.2, 0.25) is 0 Å². The van der Waals surface area contributed by atoms with Crippen LogP contribution in [0.4, 0.5) is 0 Å². The smallest absolute Gasteiger partial charge is 0.329 e. The summed E-state index contributed by atoms with van der Waals surface area (Å²) in [7, 11) is 0. The van der Waals surface area contributed by atoms with Gasteiger partial charge in [-0.05, 0) is 6.92 Å². The molecule has 17 heavy (non-hydrogen) atoms. The van der Waals surface area contributed by atoms with Gasteiger partial charge in [-0.1, -0.05) is 6.08 Å². The van der Waals surface area contributed by atoms with Crippen molar-refractivity contribution < 1.29 is 19.4 Å². The zero-order valence-electron chi connectivity index (χ0n) is 9.94. The van der Waals surface area contributed by atoms with Gasteiger partial charge in [-0.3, -0.25) is 9.69 Å². The van der Waals surface area contributed by atoms with Crippen molar-refractivity contribution in [2.24, 2.45) is 0 Å². The van der Waals surface area contributed by atoms with Gasteiger partial charge in [0, 0.05) is 19.6 Å². The highest BCUT2D eigenvalue weighted by molar-refractivity contribution is 5.78. The fourth-order valence-corrected chi connectivity index (χ4v) is 1.78. The van der Waals surface area contributed by atoms with E-state index in [0.717, 1.165) is 0 Å². The summed E-state index contributed by atoms with van der Waals surface area (Å²) in [6.07, 6.45) is 1.62. The molecule has 1 fully saturated rings. The molecule has 1 amide bonds. The molecule has 1 rings (SSSR count). The van der Waals surface area contributed by atoms with E-state index in [2.05, 4.69) is 11.9 Å². The number of aliphatic carboxylic acids is 1. The number of likely N-dealkylation sites (tertiary alicyclic amines) is 1. The number of carbonyl (C=O) groups is 2. The number of amides is 1. The number of carboxylic acids is 1. The summed E-state index contributed by atoms with van der Waals surface area (Å²) >= 11 is 0. The molecule has 0 radical (unpaired) electrons. The van der Waals surface area contributed by atoms with E-state index in [1.54, 1.807) is 6.08 Å². The first-order valence-electron chi connectivity index (χ1n) is 5.41. The zero-order valence-corrected chi connectivity index (χ0v) is 9.94. The van der Waals surface area contributed by atoms with Gasteiger partial charge in [-0.2, -0.15) is 0 Å². The van der Waals surface area contributed by atoms with E-state index in [1.807, 2.05) is 11.8 Å². The van der Waals surface area contributed by atoms with Crippen molar-refractivity contribution in [2.45, 2.75) is 12.5 Å². The van der Waals surface area contributed by atoms with Crippen molar-refractivity contribution >= 4 is 11.9 Å². The second-order valence-corrected chi connectivity index (χ2v) is 4.37. The summed E-state index contributed by atoms with van der Waals surface area (Å²) in [4.78, 5) is 23.6. The van der Waals surface area contributed by atoms with Crippen LogP contribution >= 0.6 is 0 Å². The number of carbonyl (C=O) groups excluding carboxylic acids is 1. The molecule has 0 aromatic heterocycles. The first-order valence-corrected chi connectivity index (χ1v) is 5.41. The molecule has 1 saturated heterocycles. The maximum Gasteiger partial charge on any atom is 0.329 e. The molecule has 1 aliphatic rings. The van der Waals surface area contributed by atoms with Gasteiger partial charge in [0.2, 0.25) is 5.91 Å². The molecule has 1 aliphatic heterocycles. The monoisotopic (exact) mass is 242 g/mol. The van der Waals surface area contributed by atoms with Crippen LogP contribution in [-0.2, 0) is 14.3 Å². The molecule has 0 bridgehead atoms. The Labute approximate surface area is 100 Å². The van der Waals surface area contributed by atoms with Gasteiger partial charge in [-0.15, -0.1) is 6.58 Å². The summed E-state index contributed by atoms with van der Waals surface area (Å²) in [5.41, 5.74) is -0.447. The third-order valence-electron chi connectivity index (χ3n) is 2.47. The van der Waals surface area contributed by atoms with E-state index in [9.17, 15) is 9.59 Å². The third kappa shape index (κ3) is 4.54. The predicted molar refractivity (Wildman–Crippen MR) is 61.6 cm³/mol. The molecular weight excluding hydrogens is 224 g/mol. The number of ether oxygens (including phenoxy) is 1. The largest absolute Gasteiger partial charge is 0.480 e. The molecule has 1 heterocycles. The molecule has 0 aromatic rings. The van der Waals surface area contributed by atoms with E-state index < -0.39 is 11.6 Å². The lowest BCUT2D eigenvalue weighted by Crippen LogP contribution is -2.63. The summed E-state index contributed by atoms with van der Waals surface area (Å²) < 4.78 is 5.23. The molecule has 96 valence electrons. The average molecular weight is 242 g/mol. The highest BCUT2D eigenvalue weighted by atomic mass is 16.5. The van der Waals surface area contributed by atoms with Crippen molar-refractivity contribution in [2.75, 3.05) is 32.8 Å². The topological polar surface area (TPSA) is 78.9 Å². The van der Waals surface area contributed by atoms with Gasteiger partial charge >= 0.3 is 5.97 Å². The Balaban J connectivity index is 2.19. The fourth-order valence-electron chi connectivity index (χ4n) is 1.78. The predicted octanol–water partition coefficient (Wildman–Crippen LogP) is -0.536. The summed E-state index contributed by atoms with van der Waals surface area (Å²) in [6.45, 7) is 6.95. The minimum atomic E-state index is -0.978. The average Bonchev–Trinajstić information content (AvgIpc) is 2.21. The van der Waals surface area contributed by atoms with Crippen molar-refractivity contribution in [1.82, 2.24) is 10.2 Å². The summed E-state index contributed by atoms with van der Waals surface area (Å²) in [5, 5.41) is 11.2. The summed E-state index contributed by atoms with van der Waals surface area (Å²) in [5.74, 6) is -1.04. The number of carboxylic acid groups (broad SMARTS) is 1. The molecule has 0 unspecified atom stereocenters. The van der Waals surface area contributed by atoms with Crippen LogP contribution in [0.3, 0.4) is 0 Å². The lowest BCUT2D eigenvalue weighted by molar-refractivity contribution is -0.166. The normalized spacial score (nSPS) is 18.2. The van der Waals surface area contributed by atoms with E-state index >= 15 is 0 Å². The van der Waals surface area contributed by atoms with Crippen molar-refractivity contribution in [3.8, 4) is 0 Å². The third-order valence-corrected chi connectivity index (χ3v) is 2.47. The Bertz CT molecular complexity index is 311. The van der Waals surface area contributed by atoms with E-state index in [-0.39, 0.29) is 12.5 Å². The lowest BCUT2D eigenvalue weighted by atomic mass is 9.96. The summed E-state index contributed by atoms with van der Waals surface area (Å²) in [6, 6.07) is 0. The Morgan fingerprint density at radius 2 is 2.24 bits per heavy atom. The highest BCUT2D eigenvalue weighted by Crippen LogP contribution is 2.23. The Hall–Kier alpha value is -1.40. The molecule has 2 N–H and O–H groups in total.